The molecule has 2 aliphatic heterocycles. The minimum Gasteiger partial charge on any atom is -0.490 e. The molecule has 1 unspecified atom stereocenters. The minimum atomic E-state index is -0.594. The number of aliphatic hydroxyl groups excluding tert-OH is 1. The zero-order valence-corrected chi connectivity index (χ0v) is 20.0. The quantitative estimate of drug-likeness (QED) is 0.505. The predicted octanol–water partition coefficient (Wildman–Crippen LogP) is 4.35. The van der Waals surface area contributed by atoms with E-state index in [1.54, 1.807) is 13.0 Å². The number of carbonyl (C=O) groups excluding carboxylic acids is 1. The second-order valence-electron chi connectivity index (χ2n) is 9.37. The number of rotatable bonds is 7. The summed E-state index contributed by atoms with van der Waals surface area (Å²) in [7, 11) is 0. The van der Waals surface area contributed by atoms with Gasteiger partial charge in [-0.15, -0.1) is 0 Å². The number of hydrogen-bond acceptors (Lipinski definition) is 5. The first kappa shape index (κ1) is 23.3. The average Bonchev–Trinajstić information content (AvgIpc) is 3.20. The number of nitrogens with zero attached hydrogens (tertiary/aromatic N) is 2. The van der Waals surface area contributed by atoms with Gasteiger partial charge in [-0.25, -0.2) is 4.99 Å². The lowest BCUT2D eigenvalue weighted by atomic mass is 9.88. The zero-order chi connectivity index (χ0) is 24.2. The van der Waals surface area contributed by atoms with Gasteiger partial charge >= 0.3 is 0 Å². The van der Waals surface area contributed by atoms with Crippen molar-refractivity contribution >= 4 is 28.6 Å². The van der Waals surface area contributed by atoms with Gasteiger partial charge in [-0.05, 0) is 67.3 Å². The first-order chi connectivity index (χ1) is 17.0. The number of ether oxygens (including phenoxy) is 1. The molecule has 0 radical (unpaired) electrons. The van der Waals surface area contributed by atoms with E-state index >= 15 is 0 Å². The number of fused-ring (bicyclic) bond motifs is 1. The third-order valence-corrected chi connectivity index (χ3v) is 6.76. The van der Waals surface area contributed by atoms with Gasteiger partial charge in [0, 0.05) is 12.1 Å². The number of benzene rings is 3. The molecule has 1 atom stereocenters. The van der Waals surface area contributed by atoms with Crippen molar-refractivity contribution in [2.75, 3.05) is 26.2 Å². The molecule has 2 heterocycles. The standard InChI is InChI=1S/C29H31N3O3/c1-20-30-27(29(34)31-20)17-25-8-4-5-9-28(25)35-19-26(33)18-32-14-12-22(13-15-32)24-11-10-21-6-2-3-7-23(21)16-24/h2-11,16-17,22,26,33H,12-15,18-19H2,1H3,(H,30,31,34)/b27-17-. The van der Waals surface area contributed by atoms with E-state index in [1.165, 1.54) is 16.3 Å². The van der Waals surface area contributed by atoms with Gasteiger partial charge in [-0.3, -0.25) is 4.79 Å². The first-order valence-corrected chi connectivity index (χ1v) is 12.2. The van der Waals surface area contributed by atoms with Crippen LogP contribution in [0.2, 0.25) is 0 Å². The largest absolute Gasteiger partial charge is 0.490 e. The molecular formula is C29H31N3O3. The Kier molecular flexibility index (Phi) is 6.93. The van der Waals surface area contributed by atoms with Crippen LogP contribution in [-0.2, 0) is 4.79 Å². The van der Waals surface area contributed by atoms with Crippen LogP contribution < -0.4 is 10.1 Å². The molecule has 5 rings (SSSR count). The average molecular weight is 470 g/mol. The fourth-order valence-corrected chi connectivity index (χ4v) is 4.91. The summed E-state index contributed by atoms with van der Waals surface area (Å²) in [6, 6.07) is 22.8. The topological polar surface area (TPSA) is 74.2 Å². The number of β-amino-alcohol motifs (C(OH)–C–C–N with tert-alkyl or cyclic N) is 1. The molecule has 2 N–H and O–H groups in total. The molecule has 35 heavy (non-hydrogen) atoms. The van der Waals surface area contributed by atoms with Crippen molar-refractivity contribution < 1.29 is 14.6 Å². The molecule has 1 fully saturated rings. The van der Waals surface area contributed by atoms with Crippen molar-refractivity contribution in [3.63, 3.8) is 0 Å². The number of aliphatic imine (C=N–C) groups is 1. The second kappa shape index (κ2) is 10.4. The predicted molar refractivity (Wildman–Crippen MR) is 140 cm³/mol. The number of carbonyl (C=O) groups is 1. The first-order valence-electron chi connectivity index (χ1n) is 12.2. The fourth-order valence-electron chi connectivity index (χ4n) is 4.91. The summed E-state index contributed by atoms with van der Waals surface area (Å²) in [4.78, 5) is 18.5. The number of hydrogen-bond donors (Lipinski definition) is 2. The maximum absolute atomic E-state index is 12.0. The third kappa shape index (κ3) is 5.61. The van der Waals surface area contributed by atoms with Crippen LogP contribution in [-0.4, -0.2) is 54.1 Å². The van der Waals surface area contributed by atoms with Crippen molar-refractivity contribution in [2.45, 2.75) is 31.8 Å². The van der Waals surface area contributed by atoms with Gasteiger partial charge in [0.15, 0.2) is 0 Å². The van der Waals surface area contributed by atoms with Crippen LogP contribution in [0.15, 0.2) is 77.4 Å². The summed E-state index contributed by atoms with van der Waals surface area (Å²) in [5.74, 6) is 1.55. The molecule has 3 aromatic rings. The maximum Gasteiger partial charge on any atom is 0.275 e. The zero-order valence-electron chi connectivity index (χ0n) is 20.0. The number of likely N-dealkylation sites (tertiary alicyclic amines) is 1. The molecule has 0 saturated carbocycles. The van der Waals surface area contributed by atoms with Gasteiger partial charge in [0.25, 0.3) is 5.91 Å². The molecule has 180 valence electrons. The molecule has 0 spiro atoms. The van der Waals surface area contributed by atoms with Crippen molar-refractivity contribution in [1.82, 2.24) is 10.2 Å². The molecular weight excluding hydrogens is 438 g/mol. The third-order valence-electron chi connectivity index (χ3n) is 6.76. The van der Waals surface area contributed by atoms with Crippen LogP contribution in [0.4, 0.5) is 0 Å². The van der Waals surface area contributed by atoms with Gasteiger partial charge in [0.2, 0.25) is 0 Å². The van der Waals surface area contributed by atoms with E-state index in [2.05, 4.69) is 57.7 Å². The smallest absolute Gasteiger partial charge is 0.275 e. The van der Waals surface area contributed by atoms with Gasteiger partial charge in [0.1, 0.15) is 30.0 Å². The summed E-state index contributed by atoms with van der Waals surface area (Å²) in [6.45, 7) is 4.45. The Bertz CT molecular complexity index is 1270. The van der Waals surface area contributed by atoms with Crippen LogP contribution in [0, 0.1) is 0 Å². The number of amidine groups is 1. The van der Waals surface area contributed by atoms with Crippen molar-refractivity contribution in [1.29, 1.82) is 0 Å². The van der Waals surface area contributed by atoms with Gasteiger partial charge in [-0.2, -0.15) is 0 Å². The highest BCUT2D eigenvalue weighted by molar-refractivity contribution is 6.13. The van der Waals surface area contributed by atoms with Gasteiger partial charge < -0.3 is 20.1 Å². The molecule has 0 aromatic heterocycles. The maximum atomic E-state index is 12.0. The highest BCUT2D eigenvalue weighted by atomic mass is 16.5. The summed E-state index contributed by atoms with van der Waals surface area (Å²) in [6.07, 6.45) is 3.29. The number of aliphatic hydroxyl groups is 1. The van der Waals surface area contributed by atoms with Crippen molar-refractivity contribution in [3.05, 3.63) is 83.6 Å². The van der Waals surface area contributed by atoms with Crippen LogP contribution in [0.3, 0.4) is 0 Å². The highest BCUT2D eigenvalue weighted by Gasteiger charge is 2.23. The van der Waals surface area contributed by atoms with E-state index in [4.69, 9.17) is 4.74 Å². The van der Waals surface area contributed by atoms with Crippen LogP contribution in [0.5, 0.6) is 5.75 Å². The Morgan fingerprint density at radius 2 is 1.83 bits per heavy atom. The highest BCUT2D eigenvalue weighted by Crippen LogP contribution is 2.30. The van der Waals surface area contributed by atoms with E-state index in [9.17, 15) is 9.90 Å². The molecule has 1 amide bonds. The Hall–Kier alpha value is -3.48. The molecule has 6 nitrogen and oxygen atoms in total. The lowest BCUT2D eigenvalue weighted by molar-refractivity contribution is -0.115. The molecule has 3 aromatic carbocycles. The molecule has 0 aliphatic carbocycles. The Morgan fingerprint density at radius 3 is 2.60 bits per heavy atom. The fraction of sp³-hybridized carbons (Fsp3) is 0.310. The van der Waals surface area contributed by atoms with E-state index in [0.717, 1.165) is 31.5 Å². The van der Waals surface area contributed by atoms with Crippen molar-refractivity contribution in [2.24, 2.45) is 4.99 Å². The summed E-state index contributed by atoms with van der Waals surface area (Å²) < 4.78 is 5.94. The number of amides is 1. The molecule has 0 bridgehead atoms. The van der Waals surface area contributed by atoms with Crippen LogP contribution in [0.1, 0.15) is 36.8 Å². The monoisotopic (exact) mass is 469 g/mol. The van der Waals surface area contributed by atoms with Crippen molar-refractivity contribution in [3.8, 4) is 5.75 Å². The number of piperidine rings is 1. The molecule has 1 saturated heterocycles. The minimum absolute atomic E-state index is 0.194. The van der Waals surface area contributed by atoms with Gasteiger partial charge in [-0.1, -0.05) is 60.7 Å². The summed E-state index contributed by atoms with van der Waals surface area (Å²) >= 11 is 0. The Labute approximate surface area is 205 Å². The summed E-state index contributed by atoms with van der Waals surface area (Å²) in [5, 5.41) is 15.9. The Balaban J connectivity index is 1.13. The van der Waals surface area contributed by atoms with Gasteiger partial charge in [0.05, 0.1) is 0 Å². The number of nitrogens with one attached hydrogen (secondary N) is 1. The second-order valence-corrected chi connectivity index (χ2v) is 9.37. The lowest BCUT2D eigenvalue weighted by Crippen LogP contribution is -2.40. The van der Waals surface area contributed by atoms with E-state index in [1.807, 2.05) is 24.3 Å². The van der Waals surface area contributed by atoms with Crippen LogP contribution >= 0.6 is 0 Å². The van der Waals surface area contributed by atoms with E-state index < -0.39 is 6.10 Å². The Morgan fingerprint density at radius 1 is 1.09 bits per heavy atom. The van der Waals surface area contributed by atoms with E-state index in [0.29, 0.717) is 29.7 Å². The molecule has 6 heteroatoms. The van der Waals surface area contributed by atoms with E-state index in [-0.39, 0.29) is 12.5 Å². The SMILES string of the molecule is CC1=N/C(=C\c2ccccc2OCC(O)CN2CCC(c3ccc4ccccc4c3)CC2)C(=O)N1. The normalized spacial score (nSPS) is 19.1. The number of para-hydroxylation sites is 1. The summed E-state index contributed by atoms with van der Waals surface area (Å²) in [5.41, 5.74) is 2.53. The lowest BCUT2D eigenvalue weighted by Gasteiger charge is -2.33. The molecule has 2 aliphatic rings. The van der Waals surface area contributed by atoms with Crippen LogP contribution in [0.25, 0.3) is 16.8 Å².